The Morgan fingerprint density at radius 3 is 3.00 bits per heavy atom. The smallest absolute Gasteiger partial charge is 0.168 e. The van der Waals surface area contributed by atoms with Gasteiger partial charge in [0.2, 0.25) is 0 Å². The van der Waals surface area contributed by atoms with Crippen molar-refractivity contribution in [2.24, 2.45) is 5.73 Å². The van der Waals surface area contributed by atoms with E-state index >= 15 is 0 Å². The minimum Gasteiger partial charge on any atom is -0.490 e. The molecule has 1 atom stereocenters. The van der Waals surface area contributed by atoms with Crippen LogP contribution in [0.5, 0.6) is 5.75 Å². The highest BCUT2D eigenvalue weighted by Crippen LogP contribution is 2.20. The summed E-state index contributed by atoms with van der Waals surface area (Å²) < 4.78 is 5.44. The van der Waals surface area contributed by atoms with E-state index in [0.29, 0.717) is 13.2 Å². The van der Waals surface area contributed by atoms with Crippen molar-refractivity contribution in [3.8, 4) is 5.75 Å². The van der Waals surface area contributed by atoms with Crippen molar-refractivity contribution in [2.45, 2.75) is 26.3 Å². The van der Waals surface area contributed by atoms with Crippen LogP contribution in [0.2, 0.25) is 0 Å². The minimum absolute atomic E-state index is 0.154. The lowest BCUT2D eigenvalue weighted by molar-refractivity contribution is 0.340. The molecule has 1 unspecified atom stereocenters. The second kappa shape index (κ2) is 6.24. The second-order valence-corrected chi connectivity index (χ2v) is 3.33. The van der Waals surface area contributed by atoms with Gasteiger partial charge < -0.3 is 15.8 Å². The molecule has 0 aliphatic heterocycles. The number of hydrogen-bond acceptors (Lipinski definition) is 4. The number of ether oxygens (including phenoxy) is 1. The third-order valence-electron chi connectivity index (χ3n) is 2.13. The topological polar surface area (TPSA) is 60.2 Å². The summed E-state index contributed by atoms with van der Waals surface area (Å²) in [5, 5.41) is 3.19. The molecular formula is C11H19N3O. The molecule has 0 amide bonds. The first-order valence-electron chi connectivity index (χ1n) is 5.35. The van der Waals surface area contributed by atoms with Crippen molar-refractivity contribution in [2.75, 3.05) is 18.5 Å². The molecule has 4 heteroatoms. The van der Waals surface area contributed by atoms with Gasteiger partial charge in [-0.1, -0.05) is 6.92 Å². The predicted octanol–water partition coefficient (Wildman–Crippen LogP) is 1.63. The summed E-state index contributed by atoms with van der Waals surface area (Å²) in [6.45, 7) is 5.37. The maximum absolute atomic E-state index is 5.81. The summed E-state index contributed by atoms with van der Waals surface area (Å²) in [6, 6.07) is 3.91. The molecular weight excluding hydrogens is 190 g/mol. The first-order valence-corrected chi connectivity index (χ1v) is 5.35. The number of aromatic nitrogens is 1. The summed E-state index contributed by atoms with van der Waals surface area (Å²) in [7, 11) is 0. The van der Waals surface area contributed by atoms with Gasteiger partial charge in [-0.05, 0) is 25.5 Å². The van der Waals surface area contributed by atoms with Crippen LogP contribution in [0.4, 0.5) is 5.82 Å². The van der Waals surface area contributed by atoms with Crippen molar-refractivity contribution < 1.29 is 4.74 Å². The van der Waals surface area contributed by atoms with E-state index in [2.05, 4.69) is 17.2 Å². The Hall–Kier alpha value is -1.29. The molecule has 0 fully saturated rings. The highest BCUT2D eigenvalue weighted by Gasteiger charge is 2.04. The van der Waals surface area contributed by atoms with Crippen LogP contribution in [0.3, 0.4) is 0 Å². The molecule has 0 radical (unpaired) electrons. The molecule has 4 nitrogen and oxygen atoms in total. The monoisotopic (exact) mass is 209 g/mol. The van der Waals surface area contributed by atoms with E-state index in [-0.39, 0.29) is 6.04 Å². The molecule has 0 saturated carbocycles. The van der Waals surface area contributed by atoms with Crippen LogP contribution < -0.4 is 15.8 Å². The SMILES string of the molecule is CCOc1cccnc1NCC(N)CC. The van der Waals surface area contributed by atoms with Crippen LogP contribution in [0, 0.1) is 0 Å². The zero-order valence-electron chi connectivity index (χ0n) is 9.36. The molecule has 0 aliphatic carbocycles. The molecule has 0 aliphatic rings. The van der Waals surface area contributed by atoms with Gasteiger partial charge in [-0.2, -0.15) is 0 Å². The lowest BCUT2D eigenvalue weighted by Crippen LogP contribution is -2.28. The molecule has 1 aromatic heterocycles. The normalized spacial score (nSPS) is 12.2. The lowest BCUT2D eigenvalue weighted by atomic mass is 10.2. The van der Waals surface area contributed by atoms with Crippen LogP contribution in [0.1, 0.15) is 20.3 Å². The zero-order chi connectivity index (χ0) is 11.1. The molecule has 0 aromatic carbocycles. The Balaban J connectivity index is 2.58. The largest absolute Gasteiger partial charge is 0.490 e. The Morgan fingerprint density at radius 1 is 1.53 bits per heavy atom. The first-order chi connectivity index (χ1) is 7.27. The van der Waals surface area contributed by atoms with Gasteiger partial charge in [0.1, 0.15) is 0 Å². The average Bonchev–Trinajstić information content (AvgIpc) is 2.28. The minimum atomic E-state index is 0.154. The number of rotatable bonds is 6. The quantitative estimate of drug-likeness (QED) is 0.747. The number of nitrogens with two attached hydrogens (primary N) is 1. The van der Waals surface area contributed by atoms with E-state index in [1.807, 2.05) is 19.1 Å². The fourth-order valence-corrected chi connectivity index (χ4v) is 1.17. The summed E-state index contributed by atoms with van der Waals surface area (Å²) in [4.78, 5) is 4.21. The zero-order valence-corrected chi connectivity index (χ0v) is 9.36. The standard InChI is InChI=1S/C11H19N3O/c1-3-9(12)8-14-11-10(15-4-2)6-5-7-13-11/h5-7,9H,3-4,8,12H2,1-2H3,(H,13,14). The maximum atomic E-state index is 5.81. The van der Waals surface area contributed by atoms with Crippen molar-refractivity contribution in [3.05, 3.63) is 18.3 Å². The van der Waals surface area contributed by atoms with Gasteiger partial charge in [-0.3, -0.25) is 0 Å². The Morgan fingerprint density at radius 2 is 2.33 bits per heavy atom. The summed E-state index contributed by atoms with van der Waals surface area (Å²) in [5.74, 6) is 1.55. The molecule has 3 N–H and O–H groups in total. The highest BCUT2D eigenvalue weighted by atomic mass is 16.5. The second-order valence-electron chi connectivity index (χ2n) is 3.33. The van der Waals surface area contributed by atoms with Crippen molar-refractivity contribution in [1.29, 1.82) is 0 Å². The fourth-order valence-electron chi connectivity index (χ4n) is 1.17. The van der Waals surface area contributed by atoms with E-state index in [1.165, 1.54) is 0 Å². The molecule has 15 heavy (non-hydrogen) atoms. The Bertz CT molecular complexity index is 291. The van der Waals surface area contributed by atoms with Crippen LogP contribution in [-0.4, -0.2) is 24.2 Å². The first kappa shape index (κ1) is 11.8. The van der Waals surface area contributed by atoms with Gasteiger partial charge in [0, 0.05) is 18.8 Å². The third-order valence-corrected chi connectivity index (χ3v) is 2.13. The van der Waals surface area contributed by atoms with Crippen molar-refractivity contribution >= 4 is 5.82 Å². The van der Waals surface area contributed by atoms with Crippen molar-refractivity contribution in [1.82, 2.24) is 4.98 Å². The molecule has 1 heterocycles. The molecule has 1 rings (SSSR count). The molecule has 0 saturated heterocycles. The number of hydrogen-bond donors (Lipinski definition) is 2. The molecule has 0 spiro atoms. The van der Waals surface area contributed by atoms with Gasteiger partial charge in [-0.15, -0.1) is 0 Å². The molecule has 84 valence electrons. The average molecular weight is 209 g/mol. The lowest BCUT2D eigenvalue weighted by Gasteiger charge is -2.13. The molecule has 1 aromatic rings. The van der Waals surface area contributed by atoms with E-state index < -0.39 is 0 Å². The molecule has 0 bridgehead atoms. The van der Waals surface area contributed by atoms with Crippen LogP contribution in [0.15, 0.2) is 18.3 Å². The van der Waals surface area contributed by atoms with Gasteiger partial charge >= 0.3 is 0 Å². The summed E-state index contributed by atoms with van der Waals surface area (Å²) in [5.41, 5.74) is 5.81. The van der Waals surface area contributed by atoms with Gasteiger partial charge in [0.15, 0.2) is 11.6 Å². The van der Waals surface area contributed by atoms with Gasteiger partial charge in [0.25, 0.3) is 0 Å². The maximum Gasteiger partial charge on any atom is 0.168 e. The van der Waals surface area contributed by atoms with Gasteiger partial charge in [0.05, 0.1) is 6.61 Å². The predicted molar refractivity (Wildman–Crippen MR) is 62.2 cm³/mol. The number of pyridine rings is 1. The number of nitrogens with one attached hydrogen (secondary N) is 1. The number of nitrogens with zero attached hydrogens (tertiary/aromatic N) is 1. The van der Waals surface area contributed by atoms with E-state index in [4.69, 9.17) is 10.5 Å². The van der Waals surface area contributed by atoms with E-state index in [0.717, 1.165) is 18.0 Å². The third kappa shape index (κ3) is 3.75. The van der Waals surface area contributed by atoms with E-state index in [1.54, 1.807) is 6.20 Å². The Labute approximate surface area is 90.8 Å². The highest BCUT2D eigenvalue weighted by molar-refractivity contribution is 5.49. The Kier molecular flexibility index (Phi) is 4.90. The van der Waals surface area contributed by atoms with Crippen LogP contribution >= 0.6 is 0 Å². The number of anilines is 1. The van der Waals surface area contributed by atoms with E-state index in [9.17, 15) is 0 Å². The summed E-state index contributed by atoms with van der Waals surface area (Å²) >= 11 is 0. The summed E-state index contributed by atoms with van der Waals surface area (Å²) in [6.07, 6.45) is 2.69. The van der Waals surface area contributed by atoms with Gasteiger partial charge in [-0.25, -0.2) is 4.98 Å². The fraction of sp³-hybridized carbons (Fsp3) is 0.545. The van der Waals surface area contributed by atoms with Crippen molar-refractivity contribution in [3.63, 3.8) is 0 Å². The van der Waals surface area contributed by atoms with Crippen LogP contribution in [0.25, 0.3) is 0 Å². The van der Waals surface area contributed by atoms with Crippen LogP contribution in [-0.2, 0) is 0 Å².